The topological polar surface area (TPSA) is 28.2 Å². The van der Waals surface area contributed by atoms with E-state index in [1.54, 1.807) is 11.3 Å². The Balaban J connectivity index is 1.82. The maximum absolute atomic E-state index is 4.78. The number of anilines is 1. The number of fused-ring (bicyclic) bond motifs is 1. The van der Waals surface area contributed by atoms with Crippen molar-refractivity contribution in [3.63, 3.8) is 0 Å². The highest BCUT2D eigenvalue weighted by Gasteiger charge is 2.19. The summed E-state index contributed by atoms with van der Waals surface area (Å²) in [5.74, 6) is 0. The van der Waals surface area contributed by atoms with Gasteiger partial charge in [-0.2, -0.15) is 0 Å². The summed E-state index contributed by atoms with van der Waals surface area (Å²) in [7, 11) is 0. The maximum Gasteiger partial charge on any atom is 0.0928 e. The Morgan fingerprint density at radius 2 is 2.24 bits per heavy atom. The van der Waals surface area contributed by atoms with Crippen molar-refractivity contribution in [3.8, 4) is 0 Å². The van der Waals surface area contributed by atoms with Crippen molar-refractivity contribution in [2.75, 3.05) is 11.4 Å². The fourth-order valence-corrected chi connectivity index (χ4v) is 3.73. The highest BCUT2D eigenvalue weighted by atomic mass is 32.1. The van der Waals surface area contributed by atoms with E-state index in [4.69, 9.17) is 4.98 Å². The van der Waals surface area contributed by atoms with Gasteiger partial charge in [0, 0.05) is 30.2 Å². The molecule has 0 radical (unpaired) electrons. The number of rotatable bonds is 4. The van der Waals surface area contributed by atoms with E-state index in [1.807, 2.05) is 0 Å². The molecule has 4 heteroatoms. The molecule has 1 aliphatic heterocycles. The first-order valence-electron chi connectivity index (χ1n) is 7.75. The van der Waals surface area contributed by atoms with Gasteiger partial charge in [0.1, 0.15) is 0 Å². The van der Waals surface area contributed by atoms with Gasteiger partial charge in [0.15, 0.2) is 0 Å². The quantitative estimate of drug-likeness (QED) is 0.935. The zero-order valence-electron chi connectivity index (χ0n) is 12.8. The standard InChI is InChI=1S/C17H23N3S/c1-3-6-17-19-15(12-21-17)11-20-10-13(2)18-9-14-7-4-5-8-16(14)20/h4-5,7-8,12-13,18H,3,6,9-11H2,1-2H3. The van der Waals surface area contributed by atoms with E-state index in [0.29, 0.717) is 6.04 Å². The molecule has 1 aromatic heterocycles. The Morgan fingerprint density at radius 1 is 1.38 bits per heavy atom. The lowest BCUT2D eigenvalue weighted by molar-refractivity contribution is 0.551. The third-order valence-electron chi connectivity index (χ3n) is 3.88. The number of nitrogens with zero attached hydrogens (tertiary/aromatic N) is 2. The van der Waals surface area contributed by atoms with Crippen molar-refractivity contribution in [2.24, 2.45) is 0 Å². The lowest BCUT2D eigenvalue weighted by atomic mass is 10.1. The second-order valence-corrected chi connectivity index (χ2v) is 6.72. The molecule has 0 aliphatic carbocycles. The van der Waals surface area contributed by atoms with E-state index in [1.165, 1.54) is 28.4 Å². The van der Waals surface area contributed by atoms with Crippen LogP contribution in [0.15, 0.2) is 29.6 Å². The van der Waals surface area contributed by atoms with Gasteiger partial charge in [-0.3, -0.25) is 0 Å². The van der Waals surface area contributed by atoms with Crippen molar-refractivity contribution in [3.05, 3.63) is 45.9 Å². The Morgan fingerprint density at radius 3 is 3.10 bits per heavy atom. The van der Waals surface area contributed by atoms with Crippen LogP contribution >= 0.6 is 11.3 Å². The van der Waals surface area contributed by atoms with Gasteiger partial charge < -0.3 is 10.2 Å². The van der Waals surface area contributed by atoms with Crippen LogP contribution < -0.4 is 10.2 Å². The van der Waals surface area contributed by atoms with Crippen molar-refractivity contribution < 1.29 is 0 Å². The number of nitrogens with one attached hydrogen (secondary N) is 1. The smallest absolute Gasteiger partial charge is 0.0928 e. The molecule has 2 aromatic rings. The number of para-hydroxylation sites is 1. The molecular formula is C17H23N3S. The van der Waals surface area contributed by atoms with E-state index in [0.717, 1.165) is 26.1 Å². The first kappa shape index (κ1) is 14.5. The van der Waals surface area contributed by atoms with E-state index in [-0.39, 0.29) is 0 Å². The fraction of sp³-hybridized carbons (Fsp3) is 0.471. The summed E-state index contributed by atoms with van der Waals surface area (Å²) in [6.07, 6.45) is 2.26. The molecule has 1 unspecified atom stereocenters. The molecule has 1 N–H and O–H groups in total. The highest BCUT2D eigenvalue weighted by molar-refractivity contribution is 7.09. The average molecular weight is 301 g/mol. The lowest BCUT2D eigenvalue weighted by Gasteiger charge is -2.25. The lowest BCUT2D eigenvalue weighted by Crippen LogP contribution is -2.35. The average Bonchev–Trinajstić information content (AvgIpc) is 2.85. The number of thiazole rings is 1. The summed E-state index contributed by atoms with van der Waals surface area (Å²) >= 11 is 1.80. The third-order valence-corrected chi connectivity index (χ3v) is 4.84. The summed E-state index contributed by atoms with van der Waals surface area (Å²) in [6.45, 7) is 7.34. The van der Waals surface area contributed by atoms with Crippen LogP contribution in [-0.4, -0.2) is 17.6 Å². The normalized spacial score (nSPS) is 18.4. The fourth-order valence-electron chi connectivity index (χ4n) is 2.84. The minimum absolute atomic E-state index is 0.492. The van der Waals surface area contributed by atoms with Crippen LogP contribution in [0.1, 0.15) is 36.5 Å². The molecule has 3 rings (SSSR count). The van der Waals surface area contributed by atoms with Crippen molar-refractivity contribution >= 4 is 17.0 Å². The monoisotopic (exact) mass is 301 g/mol. The van der Waals surface area contributed by atoms with Gasteiger partial charge >= 0.3 is 0 Å². The molecule has 1 aliphatic rings. The summed E-state index contributed by atoms with van der Waals surface area (Å²) in [4.78, 5) is 7.24. The molecule has 1 atom stereocenters. The van der Waals surface area contributed by atoms with E-state index < -0.39 is 0 Å². The summed E-state index contributed by atoms with van der Waals surface area (Å²) in [6, 6.07) is 9.19. The van der Waals surface area contributed by atoms with Gasteiger partial charge in [-0.1, -0.05) is 25.1 Å². The van der Waals surface area contributed by atoms with Gasteiger partial charge in [0.25, 0.3) is 0 Å². The zero-order chi connectivity index (χ0) is 14.7. The zero-order valence-corrected chi connectivity index (χ0v) is 13.6. The molecule has 21 heavy (non-hydrogen) atoms. The molecule has 0 spiro atoms. The molecule has 0 bridgehead atoms. The van der Waals surface area contributed by atoms with Crippen LogP contribution in [0.5, 0.6) is 0 Å². The molecule has 3 nitrogen and oxygen atoms in total. The molecule has 0 saturated heterocycles. The second kappa shape index (κ2) is 6.58. The summed E-state index contributed by atoms with van der Waals surface area (Å²) < 4.78 is 0. The van der Waals surface area contributed by atoms with Crippen LogP contribution in [0, 0.1) is 0 Å². The Kier molecular flexibility index (Phi) is 4.56. The molecule has 0 fully saturated rings. The van der Waals surface area contributed by atoms with Crippen molar-refractivity contribution in [1.82, 2.24) is 10.3 Å². The number of aromatic nitrogens is 1. The van der Waals surface area contributed by atoms with Crippen LogP contribution in [0.3, 0.4) is 0 Å². The van der Waals surface area contributed by atoms with E-state index in [9.17, 15) is 0 Å². The molecule has 2 heterocycles. The predicted molar refractivity (Wildman–Crippen MR) is 89.9 cm³/mol. The van der Waals surface area contributed by atoms with Gasteiger partial charge in [0.2, 0.25) is 0 Å². The van der Waals surface area contributed by atoms with E-state index >= 15 is 0 Å². The first-order chi connectivity index (χ1) is 10.3. The third kappa shape index (κ3) is 3.44. The van der Waals surface area contributed by atoms with E-state index in [2.05, 4.69) is 53.7 Å². The van der Waals surface area contributed by atoms with Crippen molar-refractivity contribution in [1.29, 1.82) is 0 Å². The predicted octanol–water partition coefficient (Wildman–Crippen LogP) is 3.59. The molecule has 0 amide bonds. The van der Waals surface area contributed by atoms with Crippen LogP contribution in [0.2, 0.25) is 0 Å². The molecular weight excluding hydrogens is 278 g/mol. The number of hydrogen-bond acceptors (Lipinski definition) is 4. The Labute approximate surface area is 131 Å². The molecule has 112 valence electrons. The minimum Gasteiger partial charge on any atom is -0.364 e. The highest BCUT2D eigenvalue weighted by Crippen LogP contribution is 2.25. The van der Waals surface area contributed by atoms with Gasteiger partial charge in [-0.05, 0) is 31.4 Å². The Bertz CT molecular complexity index is 593. The maximum atomic E-state index is 4.78. The Hall–Kier alpha value is -1.39. The van der Waals surface area contributed by atoms with Crippen LogP contribution in [0.25, 0.3) is 0 Å². The van der Waals surface area contributed by atoms with Crippen LogP contribution in [0.4, 0.5) is 5.69 Å². The minimum atomic E-state index is 0.492. The van der Waals surface area contributed by atoms with Crippen LogP contribution in [-0.2, 0) is 19.5 Å². The summed E-state index contributed by atoms with van der Waals surface area (Å²) in [5, 5.41) is 7.07. The largest absolute Gasteiger partial charge is 0.364 e. The second-order valence-electron chi connectivity index (χ2n) is 5.77. The number of benzene rings is 1. The number of aryl methyl sites for hydroxylation is 1. The summed E-state index contributed by atoms with van der Waals surface area (Å²) in [5.41, 5.74) is 3.93. The molecule has 1 aromatic carbocycles. The van der Waals surface area contributed by atoms with Gasteiger partial charge in [0.05, 0.1) is 17.2 Å². The van der Waals surface area contributed by atoms with Gasteiger partial charge in [-0.15, -0.1) is 11.3 Å². The molecule has 0 saturated carbocycles. The SMILES string of the molecule is CCCc1nc(CN2CC(C)NCc3ccccc32)cs1. The van der Waals surface area contributed by atoms with Crippen molar-refractivity contribution in [2.45, 2.75) is 45.8 Å². The van der Waals surface area contributed by atoms with Gasteiger partial charge in [-0.25, -0.2) is 4.98 Å². The number of hydrogen-bond donors (Lipinski definition) is 1. The first-order valence-corrected chi connectivity index (χ1v) is 8.63.